The number of aromatic nitrogens is 1. The molecule has 0 unspecified atom stereocenters. The number of methoxy groups -OCH3 is 1. The average molecular weight is 337 g/mol. The molecular weight excluding hydrogens is 322 g/mol. The summed E-state index contributed by atoms with van der Waals surface area (Å²) in [7, 11) is 1.33. The zero-order valence-corrected chi connectivity index (χ0v) is 13.7. The number of hydrogen-bond donors (Lipinski definition) is 0. The molecule has 1 aliphatic carbocycles. The van der Waals surface area contributed by atoms with E-state index in [9.17, 15) is 14.4 Å². The maximum Gasteiger partial charge on any atom is 0.338 e. The van der Waals surface area contributed by atoms with Crippen LogP contribution in [-0.2, 0) is 16.1 Å². The van der Waals surface area contributed by atoms with Gasteiger partial charge in [-0.3, -0.25) is 14.6 Å². The third-order valence-electron chi connectivity index (χ3n) is 3.94. The molecule has 1 aromatic carbocycles. The number of allylic oxidation sites excluding steroid dienone is 2. The third-order valence-corrected chi connectivity index (χ3v) is 3.94. The van der Waals surface area contributed by atoms with Crippen LogP contribution in [0.3, 0.4) is 0 Å². The summed E-state index contributed by atoms with van der Waals surface area (Å²) in [6.45, 7) is 1.32. The van der Waals surface area contributed by atoms with E-state index in [2.05, 4.69) is 4.98 Å². The van der Waals surface area contributed by atoms with E-state index in [4.69, 9.17) is 9.47 Å². The maximum absolute atomic E-state index is 12.6. The van der Waals surface area contributed by atoms with Gasteiger partial charge in [0.25, 0.3) is 0 Å². The number of hydrogen-bond acceptors (Lipinski definition) is 6. The van der Waals surface area contributed by atoms with Crippen LogP contribution in [0.5, 0.6) is 0 Å². The van der Waals surface area contributed by atoms with Gasteiger partial charge in [-0.25, -0.2) is 4.79 Å². The Kier molecular flexibility index (Phi) is 4.43. The van der Waals surface area contributed by atoms with Gasteiger partial charge in [0.1, 0.15) is 6.61 Å². The van der Waals surface area contributed by atoms with E-state index < -0.39 is 11.8 Å². The van der Waals surface area contributed by atoms with Gasteiger partial charge in [-0.05, 0) is 25.1 Å². The smallest absolute Gasteiger partial charge is 0.338 e. The van der Waals surface area contributed by atoms with Gasteiger partial charge < -0.3 is 9.47 Å². The van der Waals surface area contributed by atoms with Crippen molar-refractivity contribution < 1.29 is 23.9 Å². The van der Waals surface area contributed by atoms with Crippen LogP contribution < -0.4 is 0 Å². The number of ketones is 2. The highest BCUT2D eigenvalue weighted by atomic mass is 16.5. The molecule has 0 radical (unpaired) electrons. The Labute approximate surface area is 144 Å². The Bertz CT molecular complexity index is 899. The van der Waals surface area contributed by atoms with Crippen LogP contribution in [0.15, 0.2) is 53.9 Å². The van der Waals surface area contributed by atoms with Crippen LogP contribution in [0.1, 0.15) is 43.7 Å². The highest BCUT2D eigenvalue weighted by Crippen LogP contribution is 2.28. The van der Waals surface area contributed by atoms with Gasteiger partial charge in [0, 0.05) is 17.3 Å². The number of carbonyl (C=O) groups excluding carboxylic acids is 3. The highest BCUT2D eigenvalue weighted by molar-refractivity contribution is 6.26. The van der Waals surface area contributed by atoms with Crippen LogP contribution >= 0.6 is 0 Å². The molecular formula is C19H15NO5. The summed E-state index contributed by atoms with van der Waals surface area (Å²) in [6.07, 6.45) is 1.42. The molecule has 0 fully saturated rings. The van der Waals surface area contributed by atoms with Crippen molar-refractivity contribution in [1.29, 1.82) is 0 Å². The molecule has 0 aliphatic heterocycles. The van der Waals surface area contributed by atoms with Gasteiger partial charge in [-0.1, -0.05) is 18.2 Å². The minimum Gasteiger partial charge on any atom is -0.492 e. The fraction of sp³-hybridized carbons (Fsp3) is 0.158. The Morgan fingerprint density at radius 2 is 1.80 bits per heavy atom. The number of rotatable bonds is 4. The first-order valence-electron chi connectivity index (χ1n) is 7.59. The van der Waals surface area contributed by atoms with Crippen LogP contribution in [0, 0.1) is 0 Å². The lowest BCUT2D eigenvalue weighted by atomic mass is 9.88. The first kappa shape index (κ1) is 16.6. The second kappa shape index (κ2) is 6.68. The normalized spacial score (nSPS) is 13.5. The molecule has 0 saturated carbocycles. The standard InChI is InChI=1S/C19H15NO5/c1-11-16(21)13-8-9-20-14(15(13)17(22)18(11)24-2)10-25-19(23)12-6-4-3-5-7-12/h3-9H,10H2,1-2H3. The summed E-state index contributed by atoms with van der Waals surface area (Å²) in [5.74, 6) is -1.28. The van der Waals surface area contributed by atoms with Crippen molar-refractivity contribution in [3.63, 3.8) is 0 Å². The number of pyridine rings is 1. The molecule has 126 valence electrons. The molecule has 1 aliphatic rings. The second-order valence-corrected chi connectivity index (χ2v) is 5.44. The zero-order valence-electron chi connectivity index (χ0n) is 13.7. The van der Waals surface area contributed by atoms with Crippen LogP contribution in [0.2, 0.25) is 0 Å². The topological polar surface area (TPSA) is 82.6 Å². The van der Waals surface area contributed by atoms with Gasteiger partial charge >= 0.3 is 5.97 Å². The van der Waals surface area contributed by atoms with Gasteiger partial charge in [0.05, 0.1) is 23.9 Å². The summed E-state index contributed by atoms with van der Waals surface area (Å²) in [5, 5.41) is 0. The van der Waals surface area contributed by atoms with E-state index in [1.165, 1.54) is 26.3 Å². The number of Topliss-reactive ketones (excluding diaryl/α,β-unsaturated/α-hetero) is 2. The largest absolute Gasteiger partial charge is 0.492 e. The summed E-state index contributed by atoms with van der Waals surface area (Å²) < 4.78 is 10.3. The van der Waals surface area contributed by atoms with E-state index in [1.54, 1.807) is 30.3 Å². The number of benzene rings is 1. The predicted molar refractivity (Wildman–Crippen MR) is 88.2 cm³/mol. The molecule has 0 amide bonds. The Morgan fingerprint density at radius 3 is 2.48 bits per heavy atom. The Hall–Kier alpha value is -3.28. The van der Waals surface area contributed by atoms with Crippen molar-refractivity contribution in [1.82, 2.24) is 4.98 Å². The van der Waals surface area contributed by atoms with E-state index in [1.807, 2.05) is 0 Å². The molecule has 0 N–H and O–H groups in total. The summed E-state index contributed by atoms with van der Waals surface area (Å²) in [5.41, 5.74) is 1.23. The summed E-state index contributed by atoms with van der Waals surface area (Å²) in [4.78, 5) is 41.2. The van der Waals surface area contributed by atoms with Gasteiger partial charge in [-0.2, -0.15) is 0 Å². The fourth-order valence-electron chi connectivity index (χ4n) is 2.68. The molecule has 25 heavy (non-hydrogen) atoms. The van der Waals surface area contributed by atoms with Gasteiger partial charge in [-0.15, -0.1) is 0 Å². The molecule has 1 heterocycles. The fourth-order valence-corrected chi connectivity index (χ4v) is 2.68. The first-order chi connectivity index (χ1) is 12.0. The van der Waals surface area contributed by atoms with E-state index in [0.29, 0.717) is 5.56 Å². The Morgan fingerprint density at radius 1 is 1.08 bits per heavy atom. The van der Waals surface area contributed by atoms with Crippen molar-refractivity contribution in [2.45, 2.75) is 13.5 Å². The van der Waals surface area contributed by atoms with Crippen molar-refractivity contribution in [2.24, 2.45) is 0 Å². The van der Waals surface area contributed by atoms with E-state index >= 15 is 0 Å². The molecule has 6 nitrogen and oxygen atoms in total. The quantitative estimate of drug-likeness (QED) is 0.798. The first-order valence-corrected chi connectivity index (χ1v) is 7.59. The number of carbonyl (C=O) groups is 3. The lowest BCUT2D eigenvalue weighted by Gasteiger charge is -2.19. The van der Waals surface area contributed by atoms with Crippen molar-refractivity contribution in [3.05, 3.63) is 76.3 Å². The lowest BCUT2D eigenvalue weighted by Crippen LogP contribution is -2.24. The minimum atomic E-state index is -0.534. The predicted octanol–water partition coefficient (Wildman–Crippen LogP) is 2.74. The molecule has 0 atom stereocenters. The van der Waals surface area contributed by atoms with Crippen molar-refractivity contribution >= 4 is 17.5 Å². The van der Waals surface area contributed by atoms with E-state index in [0.717, 1.165) is 0 Å². The lowest BCUT2D eigenvalue weighted by molar-refractivity contribution is 0.0465. The van der Waals surface area contributed by atoms with Crippen molar-refractivity contribution in [3.8, 4) is 0 Å². The second-order valence-electron chi connectivity index (χ2n) is 5.44. The number of nitrogens with zero attached hydrogens (tertiary/aromatic N) is 1. The number of fused-ring (bicyclic) bond motifs is 1. The Balaban J connectivity index is 1.90. The zero-order chi connectivity index (χ0) is 18.0. The van der Waals surface area contributed by atoms with Crippen molar-refractivity contribution in [2.75, 3.05) is 7.11 Å². The molecule has 2 aromatic rings. The van der Waals surface area contributed by atoms with Crippen LogP contribution in [0.4, 0.5) is 0 Å². The third kappa shape index (κ3) is 2.94. The number of esters is 1. The molecule has 3 rings (SSSR count). The van der Waals surface area contributed by atoms with Gasteiger partial charge in [0.2, 0.25) is 5.78 Å². The van der Waals surface area contributed by atoms with E-state index in [-0.39, 0.29) is 40.5 Å². The van der Waals surface area contributed by atoms with Gasteiger partial charge in [0.15, 0.2) is 11.5 Å². The summed E-state index contributed by atoms with van der Waals surface area (Å²) in [6, 6.07) is 9.96. The molecule has 6 heteroatoms. The molecule has 0 saturated heterocycles. The average Bonchev–Trinajstić information content (AvgIpc) is 2.65. The monoisotopic (exact) mass is 337 g/mol. The molecule has 0 spiro atoms. The molecule has 1 aromatic heterocycles. The minimum absolute atomic E-state index is 0.0128. The van der Waals surface area contributed by atoms with Crippen LogP contribution in [-0.4, -0.2) is 29.6 Å². The SMILES string of the molecule is COC1=C(C)C(=O)c2ccnc(COC(=O)c3ccccc3)c2C1=O. The summed E-state index contributed by atoms with van der Waals surface area (Å²) >= 11 is 0. The maximum atomic E-state index is 12.6. The molecule has 0 bridgehead atoms. The number of ether oxygens (including phenoxy) is 2. The van der Waals surface area contributed by atoms with Crippen LogP contribution in [0.25, 0.3) is 0 Å². The highest BCUT2D eigenvalue weighted by Gasteiger charge is 2.33.